The number of pyridine rings is 1. The van der Waals surface area contributed by atoms with Crippen LogP contribution in [0.3, 0.4) is 0 Å². The molecule has 3 rings (SSSR count). The zero-order chi connectivity index (χ0) is 19.8. The van der Waals surface area contributed by atoms with Crippen LogP contribution >= 0.6 is 11.6 Å². The summed E-state index contributed by atoms with van der Waals surface area (Å²) in [7, 11) is 0. The maximum absolute atomic E-state index is 12.1. The Bertz CT molecular complexity index is 944. The Kier molecular flexibility index (Phi) is 6.76. The molecule has 0 radical (unpaired) electrons. The summed E-state index contributed by atoms with van der Waals surface area (Å²) in [5, 5.41) is 6.39. The molecule has 0 fully saturated rings. The normalized spacial score (nSPS) is 10.3. The number of rotatable bonds is 7. The van der Waals surface area contributed by atoms with E-state index in [-0.39, 0.29) is 11.8 Å². The number of carbonyl (C=O) groups is 2. The number of aromatic nitrogens is 1. The van der Waals surface area contributed by atoms with Gasteiger partial charge in [-0.3, -0.25) is 14.6 Å². The monoisotopic (exact) mass is 393 g/mol. The van der Waals surface area contributed by atoms with Crippen molar-refractivity contribution in [1.29, 1.82) is 0 Å². The summed E-state index contributed by atoms with van der Waals surface area (Å²) in [5.74, 6) is -0.232. The molecule has 1 aromatic heterocycles. The van der Waals surface area contributed by atoms with Gasteiger partial charge in [0.15, 0.2) is 0 Å². The number of carbonyl (C=O) groups excluding carboxylic acids is 2. The number of anilines is 1. The van der Waals surface area contributed by atoms with E-state index in [1.54, 1.807) is 18.3 Å². The predicted molar refractivity (Wildman–Crippen MR) is 110 cm³/mol. The van der Waals surface area contributed by atoms with Gasteiger partial charge in [0.1, 0.15) is 0 Å². The van der Waals surface area contributed by atoms with E-state index in [0.29, 0.717) is 35.7 Å². The summed E-state index contributed by atoms with van der Waals surface area (Å²) in [4.78, 5) is 28.1. The molecule has 1 heterocycles. The molecule has 0 spiro atoms. The molecule has 2 N–H and O–H groups in total. The van der Waals surface area contributed by atoms with Crippen molar-refractivity contribution < 1.29 is 9.59 Å². The first-order valence-electron chi connectivity index (χ1n) is 8.91. The molecule has 0 atom stereocenters. The molecular formula is C22H20ClN3O2. The molecule has 142 valence electrons. The average molecular weight is 394 g/mol. The van der Waals surface area contributed by atoms with Gasteiger partial charge in [-0.15, -0.1) is 0 Å². The first-order valence-corrected chi connectivity index (χ1v) is 9.29. The largest absolute Gasteiger partial charge is 0.352 e. The molecule has 2 aromatic carbocycles. The highest BCUT2D eigenvalue weighted by atomic mass is 35.5. The second kappa shape index (κ2) is 9.67. The molecule has 3 aromatic rings. The first kappa shape index (κ1) is 19.6. The van der Waals surface area contributed by atoms with Crippen LogP contribution < -0.4 is 10.6 Å². The summed E-state index contributed by atoms with van der Waals surface area (Å²) < 4.78 is 0. The molecule has 0 aliphatic rings. The third-order valence-electron chi connectivity index (χ3n) is 4.15. The van der Waals surface area contributed by atoms with E-state index in [4.69, 9.17) is 11.6 Å². The molecule has 0 unspecified atom stereocenters. The van der Waals surface area contributed by atoms with Crippen molar-refractivity contribution in [2.45, 2.75) is 19.4 Å². The van der Waals surface area contributed by atoms with E-state index >= 15 is 0 Å². The number of amides is 2. The van der Waals surface area contributed by atoms with E-state index in [9.17, 15) is 9.59 Å². The van der Waals surface area contributed by atoms with Crippen molar-refractivity contribution in [3.63, 3.8) is 0 Å². The van der Waals surface area contributed by atoms with Crippen molar-refractivity contribution in [2.24, 2.45) is 0 Å². The quantitative estimate of drug-likeness (QED) is 0.630. The molecule has 0 bridgehead atoms. The van der Waals surface area contributed by atoms with E-state index in [1.807, 2.05) is 48.5 Å². The second-order valence-corrected chi connectivity index (χ2v) is 6.74. The third kappa shape index (κ3) is 5.93. The van der Waals surface area contributed by atoms with Crippen LogP contribution in [0.5, 0.6) is 0 Å². The lowest BCUT2D eigenvalue weighted by Gasteiger charge is -2.08. The Balaban J connectivity index is 1.45. The molecule has 6 heteroatoms. The number of hydrogen-bond acceptors (Lipinski definition) is 3. The maximum atomic E-state index is 12.1. The van der Waals surface area contributed by atoms with Gasteiger partial charge in [-0.05, 0) is 53.9 Å². The van der Waals surface area contributed by atoms with Gasteiger partial charge in [0, 0.05) is 36.1 Å². The fraction of sp³-hybridized carbons (Fsp3) is 0.136. The lowest BCUT2D eigenvalue weighted by molar-refractivity contribution is -0.121. The minimum absolute atomic E-state index is 0.0195. The van der Waals surface area contributed by atoms with Crippen LogP contribution in [0, 0.1) is 0 Å². The Labute approximate surface area is 168 Å². The van der Waals surface area contributed by atoms with Crippen LogP contribution in [0.25, 0.3) is 0 Å². The number of halogens is 1. The molecular weight excluding hydrogens is 374 g/mol. The summed E-state index contributed by atoms with van der Waals surface area (Å²) in [6.45, 7) is 0.436. The first-order chi connectivity index (χ1) is 13.6. The lowest BCUT2D eigenvalue weighted by atomic mass is 10.1. The molecule has 0 saturated carbocycles. The SMILES string of the molecule is O=C(CCc1cccc(Cl)c1)NCc1ccc(NC(=O)c2cccnc2)cc1. The van der Waals surface area contributed by atoms with Gasteiger partial charge in [0.25, 0.3) is 5.91 Å². The molecule has 0 aliphatic carbocycles. The van der Waals surface area contributed by atoms with Crippen molar-refractivity contribution in [3.05, 3.63) is 94.8 Å². The molecule has 5 nitrogen and oxygen atoms in total. The third-order valence-corrected chi connectivity index (χ3v) is 4.39. The molecule has 28 heavy (non-hydrogen) atoms. The van der Waals surface area contributed by atoms with Gasteiger partial charge in [-0.2, -0.15) is 0 Å². The van der Waals surface area contributed by atoms with Crippen LogP contribution in [0.4, 0.5) is 5.69 Å². The summed E-state index contributed by atoms with van der Waals surface area (Å²) in [6, 6.07) is 18.3. The zero-order valence-electron chi connectivity index (χ0n) is 15.2. The Morgan fingerprint density at radius 2 is 1.79 bits per heavy atom. The maximum Gasteiger partial charge on any atom is 0.257 e. The lowest BCUT2D eigenvalue weighted by Crippen LogP contribution is -2.23. The van der Waals surface area contributed by atoms with E-state index < -0.39 is 0 Å². The zero-order valence-corrected chi connectivity index (χ0v) is 15.9. The Morgan fingerprint density at radius 1 is 0.964 bits per heavy atom. The van der Waals surface area contributed by atoms with E-state index in [1.165, 1.54) is 6.20 Å². The standard InChI is InChI=1S/C22H20ClN3O2/c23-19-5-1-3-16(13-19)8-11-21(27)25-14-17-6-9-20(10-7-17)26-22(28)18-4-2-12-24-15-18/h1-7,9-10,12-13,15H,8,11,14H2,(H,25,27)(H,26,28). The Hall–Kier alpha value is -3.18. The Morgan fingerprint density at radius 3 is 2.50 bits per heavy atom. The number of nitrogens with one attached hydrogen (secondary N) is 2. The minimum atomic E-state index is -0.213. The highest BCUT2D eigenvalue weighted by molar-refractivity contribution is 6.30. The minimum Gasteiger partial charge on any atom is -0.352 e. The fourth-order valence-corrected chi connectivity index (χ4v) is 2.86. The van der Waals surface area contributed by atoms with Crippen LogP contribution in [0.15, 0.2) is 73.1 Å². The van der Waals surface area contributed by atoms with Crippen molar-refractivity contribution in [2.75, 3.05) is 5.32 Å². The van der Waals surface area contributed by atoms with E-state index in [0.717, 1.165) is 11.1 Å². The van der Waals surface area contributed by atoms with Gasteiger partial charge in [-0.1, -0.05) is 35.9 Å². The van der Waals surface area contributed by atoms with Crippen molar-refractivity contribution >= 4 is 29.1 Å². The summed E-state index contributed by atoms with van der Waals surface area (Å²) >= 11 is 5.95. The topological polar surface area (TPSA) is 71.1 Å². The van der Waals surface area contributed by atoms with Crippen LogP contribution in [-0.2, 0) is 17.8 Å². The summed E-state index contributed by atoms with van der Waals surface area (Å²) in [5.41, 5.74) is 3.18. The smallest absolute Gasteiger partial charge is 0.257 e. The van der Waals surface area contributed by atoms with Crippen molar-refractivity contribution in [3.8, 4) is 0 Å². The number of nitrogens with zero attached hydrogens (tertiary/aromatic N) is 1. The van der Waals surface area contributed by atoms with Gasteiger partial charge in [0.2, 0.25) is 5.91 Å². The number of aryl methyl sites for hydroxylation is 1. The second-order valence-electron chi connectivity index (χ2n) is 6.30. The molecule has 2 amide bonds. The van der Waals surface area contributed by atoms with Crippen LogP contribution in [-0.4, -0.2) is 16.8 Å². The highest BCUT2D eigenvalue weighted by Crippen LogP contribution is 2.13. The molecule has 0 saturated heterocycles. The number of hydrogen-bond donors (Lipinski definition) is 2. The average Bonchev–Trinajstić information content (AvgIpc) is 2.72. The molecule has 0 aliphatic heterocycles. The number of benzene rings is 2. The van der Waals surface area contributed by atoms with Crippen LogP contribution in [0.2, 0.25) is 5.02 Å². The van der Waals surface area contributed by atoms with E-state index in [2.05, 4.69) is 15.6 Å². The van der Waals surface area contributed by atoms with Gasteiger partial charge in [-0.25, -0.2) is 0 Å². The van der Waals surface area contributed by atoms with Gasteiger partial charge in [0.05, 0.1) is 5.56 Å². The summed E-state index contributed by atoms with van der Waals surface area (Å²) in [6.07, 6.45) is 4.18. The highest BCUT2D eigenvalue weighted by Gasteiger charge is 2.06. The van der Waals surface area contributed by atoms with Gasteiger partial charge >= 0.3 is 0 Å². The van der Waals surface area contributed by atoms with Gasteiger partial charge < -0.3 is 10.6 Å². The van der Waals surface area contributed by atoms with Crippen LogP contribution in [0.1, 0.15) is 27.9 Å². The predicted octanol–water partition coefficient (Wildman–Crippen LogP) is 4.24. The van der Waals surface area contributed by atoms with Crippen molar-refractivity contribution in [1.82, 2.24) is 10.3 Å². The fourth-order valence-electron chi connectivity index (χ4n) is 2.65.